The molecule has 0 spiro atoms. The van der Waals surface area contributed by atoms with Crippen LogP contribution in [0.4, 0.5) is 0 Å². The number of piperidine rings is 1. The van der Waals surface area contributed by atoms with Crippen molar-refractivity contribution in [3.8, 4) is 11.5 Å². The van der Waals surface area contributed by atoms with E-state index < -0.39 is 0 Å². The van der Waals surface area contributed by atoms with Gasteiger partial charge >= 0.3 is 0 Å². The number of ether oxygens (including phenoxy) is 1. The lowest BCUT2D eigenvalue weighted by atomic mass is 9.92. The molecule has 1 fully saturated rings. The van der Waals surface area contributed by atoms with E-state index >= 15 is 0 Å². The molecule has 0 bridgehead atoms. The van der Waals surface area contributed by atoms with E-state index in [1.807, 2.05) is 12.1 Å². The molecule has 2 heterocycles. The quantitative estimate of drug-likeness (QED) is 0.906. The van der Waals surface area contributed by atoms with Crippen molar-refractivity contribution in [2.75, 3.05) is 19.6 Å². The zero-order valence-electron chi connectivity index (χ0n) is 14.4. The summed E-state index contributed by atoms with van der Waals surface area (Å²) >= 11 is 0. The van der Waals surface area contributed by atoms with Gasteiger partial charge in [-0.1, -0.05) is 43.3 Å². The number of nitrogens with zero attached hydrogens (tertiary/aromatic N) is 1. The second-order valence-electron chi connectivity index (χ2n) is 6.89. The highest BCUT2D eigenvalue weighted by Gasteiger charge is 2.29. The minimum Gasteiger partial charge on any atom is -0.457 e. The molecule has 2 aliphatic rings. The Morgan fingerprint density at radius 1 is 0.958 bits per heavy atom. The van der Waals surface area contributed by atoms with Gasteiger partial charge in [-0.05, 0) is 51.0 Å². The first-order chi connectivity index (χ1) is 11.8. The summed E-state index contributed by atoms with van der Waals surface area (Å²) in [6.07, 6.45) is 3.70. The van der Waals surface area contributed by atoms with Gasteiger partial charge in [-0.25, -0.2) is 0 Å². The van der Waals surface area contributed by atoms with Crippen molar-refractivity contribution >= 4 is 0 Å². The average Bonchev–Trinajstić information content (AvgIpc) is 2.63. The number of para-hydroxylation sites is 2. The van der Waals surface area contributed by atoms with Crippen LogP contribution >= 0.6 is 0 Å². The van der Waals surface area contributed by atoms with Crippen LogP contribution in [0.15, 0.2) is 48.5 Å². The van der Waals surface area contributed by atoms with Crippen molar-refractivity contribution < 1.29 is 4.74 Å². The van der Waals surface area contributed by atoms with Gasteiger partial charge in [0.1, 0.15) is 11.5 Å². The summed E-state index contributed by atoms with van der Waals surface area (Å²) in [5.41, 5.74) is 2.51. The molecule has 0 aliphatic carbocycles. The highest BCUT2D eigenvalue weighted by molar-refractivity contribution is 5.52. The fraction of sp³-hybridized carbons (Fsp3) is 0.429. The van der Waals surface area contributed by atoms with E-state index in [4.69, 9.17) is 4.74 Å². The van der Waals surface area contributed by atoms with E-state index in [0.29, 0.717) is 6.04 Å². The summed E-state index contributed by atoms with van der Waals surface area (Å²) < 4.78 is 6.10. The number of benzene rings is 2. The molecule has 0 unspecified atom stereocenters. The molecule has 126 valence electrons. The molecule has 0 radical (unpaired) electrons. The molecule has 1 N–H and O–H groups in total. The summed E-state index contributed by atoms with van der Waals surface area (Å²) in [5, 5.41) is 3.93. The molecule has 4 rings (SSSR count). The second-order valence-corrected chi connectivity index (χ2v) is 6.89. The van der Waals surface area contributed by atoms with Gasteiger partial charge in [0.2, 0.25) is 0 Å². The summed E-state index contributed by atoms with van der Waals surface area (Å²) in [6.45, 7) is 5.91. The van der Waals surface area contributed by atoms with Crippen molar-refractivity contribution in [2.45, 2.75) is 38.3 Å². The summed E-state index contributed by atoms with van der Waals surface area (Å²) in [6, 6.07) is 17.6. The minimum atomic E-state index is 0.230. The van der Waals surface area contributed by atoms with Crippen LogP contribution in [0.2, 0.25) is 0 Å². The lowest BCUT2D eigenvalue weighted by molar-refractivity contribution is 0.193. The Bertz CT molecular complexity index is 646. The lowest BCUT2D eigenvalue weighted by Crippen LogP contribution is -2.44. The molecule has 3 nitrogen and oxygen atoms in total. The third-order valence-corrected chi connectivity index (χ3v) is 5.21. The Labute approximate surface area is 144 Å². The average molecular weight is 322 g/mol. The van der Waals surface area contributed by atoms with E-state index in [9.17, 15) is 0 Å². The number of hydrogen-bond donors (Lipinski definition) is 1. The summed E-state index contributed by atoms with van der Waals surface area (Å²) in [4.78, 5) is 2.59. The smallest absolute Gasteiger partial charge is 0.132 e. The maximum Gasteiger partial charge on any atom is 0.132 e. The zero-order valence-corrected chi connectivity index (χ0v) is 14.4. The fourth-order valence-electron chi connectivity index (χ4n) is 3.96. The van der Waals surface area contributed by atoms with Gasteiger partial charge in [0.25, 0.3) is 0 Å². The number of rotatable bonds is 4. The monoisotopic (exact) mass is 322 g/mol. The molecule has 3 heteroatoms. The highest BCUT2D eigenvalue weighted by Crippen LogP contribution is 2.42. The molecule has 24 heavy (non-hydrogen) atoms. The van der Waals surface area contributed by atoms with Crippen molar-refractivity contribution in [2.24, 2.45) is 0 Å². The minimum absolute atomic E-state index is 0.230. The maximum absolute atomic E-state index is 6.10. The van der Waals surface area contributed by atoms with Gasteiger partial charge in [-0.3, -0.25) is 0 Å². The van der Waals surface area contributed by atoms with Crippen LogP contribution in [-0.4, -0.2) is 30.6 Å². The van der Waals surface area contributed by atoms with E-state index in [0.717, 1.165) is 11.5 Å². The Hall–Kier alpha value is -1.84. The zero-order chi connectivity index (χ0) is 16.4. The van der Waals surface area contributed by atoms with Gasteiger partial charge < -0.3 is 15.0 Å². The summed E-state index contributed by atoms with van der Waals surface area (Å²) in [7, 11) is 0. The van der Waals surface area contributed by atoms with Crippen LogP contribution < -0.4 is 10.1 Å². The van der Waals surface area contributed by atoms with Gasteiger partial charge in [-0.2, -0.15) is 0 Å². The SMILES string of the molecule is CCCN1CCC(NC2c3ccccc3Oc3ccccc32)CC1. The first-order valence-electron chi connectivity index (χ1n) is 9.19. The number of nitrogens with one attached hydrogen (secondary N) is 1. The van der Waals surface area contributed by atoms with Crippen LogP contribution in [0, 0.1) is 0 Å². The Morgan fingerprint density at radius 3 is 2.12 bits per heavy atom. The molecule has 0 amide bonds. The van der Waals surface area contributed by atoms with Gasteiger partial charge in [-0.15, -0.1) is 0 Å². The van der Waals surface area contributed by atoms with Crippen LogP contribution in [0.5, 0.6) is 11.5 Å². The fourth-order valence-corrected chi connectivity index (χ4v) is 3.96. The van der Waals surface area contributed by atoms with E-state index in [1.54, 1.807) is 0 Å². The predicted octanol–water partition coefficient (Wildman–Crippen LogP) is 4.35. The number of hydrogen-bond acceptors (Lipinski definition) is 3. The molecular weight excluding hydrogens is 296 g/mol. The normalized spacial score (nSPS) is 18.7. The van der Waals surface area contributed by atoms with Crippen LogP contribution in [0.25, 0.3) is 0 Å². The predicted molar refractivity (Wildman–Crippen MR) is 97.7 cm³/mol. The van der Waals surface area contributed by atoms with Gasteiger partial charge in [0.05, 0.1) is 6.04 Å². The van der Waals surface area contributed by atoms with Crippen LogP contribution in [-0.2, 0) is 0 Å². The molecule has 0 atom stereocenters. The molecule has 0 saturated carbocycles. The third-order valence-electron chi connectivity index (χ3n) is 5.21. The Kier molecular flexibility index (Phi) is 4.54. The van der Waals surface area contributed by atoms with Crippen molar-refractivity contribution in [3.05, 3.63) is 59.7 Å². The molecule has 0 aromatic heterocycles. The second kappa shape index (κ2) is 6.96. The standard InChI is InChI=1S/C21H26N2O/c1-2-13-23-14-11-16(12-15-23)22-21-17-7-3-5-9-19(17)24-20-10-6-4-8-18(20)21/h3-10,16,21-22H,2,11-15H2,1H3. The van der Waals surface area contributed by atoms with Gasteiger partial charge in [0, 0.05) is 17.2 Å². The topological polar surface area (TPSA) is 24.5 Å². The van der Waals surface area contributed by atoms with E-state index in [1.165, 1.54) is 50.0 Å². The Morgan fingerprint density at radius 2 is 1.54 bits per heavy atom. The molecule has 2 aliphatic heterocycles. The molecule has 2 aromatic rings. The van der Waals surface area contributed by atoms with Crippen molar-refractivity contribution in [1.29, 1.82) is 0 Å². The first kappa shape index (κ1) is 15.7. The third kappa shape index (κ3) is 3.06. The largest absolute Gasteiger partial charge is 0.457 e. The lowest BCUT2D eigenvalue weighted by Gasteiger charge is -2.36. The maximum atomic E-state index is 6.10. The van der Waals surface area contributed by atoms with Crippen molar-refractivity contribution in [3.63, 3.8) is 0 Å². The molecule has 1 saturated heterocycles. The van der Waals surface area contributed by atoms with Gasteiger partial charge in [0.15, 0.2) is 0 Å². The number of fused-ring (bicyclic) bond motifs is 2. The van der Waals surface area contributed by atoms with Crippen LogP contribution in [0.1, 0.15) is 43.4 Å². The molecule has 2 aromatic carbocycles. The molecular formula is C21H26N2O. The Balaban J connectivity index is 1.55. The van der Waals surface area contributed by atoms with E-state index in [-0.39, 0.29) is 6.04 Å². The van der Waals surface area contributed by atoms with Crippen LogP contribution in [0.3, 0.4) is 0 Å². The first-order valence-corrected chi connectivity index (χ1v) is 9.19. The van der Waals surface area contributed by atoms with E-state index in [2.05, 4.69) is 53.5 Å². The van der Waals surface area contributed by atoms with Crippen molar-refractivity contribution in [1.82, 2.24) is 10.2 Å². The highest BCUT2D eigenvalue weighted by atomic mass is 16.5. The summed E-state index contributed by atoms with van der Waals surface area (Å²) in [5.74, 6) is 1.97. The number of likely N-dealkylation sites (tertiary alicyclic amines) is 1.